The normalized spacial score (nSPS) is 20.1. The van der Waals surface area contributed by atoms with E-state index in [0.717, 1.165) is 24.1 Å². The minimum absolute atomic E-state index is 0.154. The second kappa shape index (κ2) is 9.15. The summed E-state index contributed by atoms with van der Waals surface area (Å²) in [6.07, 6.45) is 4.70. The van der Waals surface area contributed by atoms with Gasteiger partial charge in [0.1, 0.15) is 5.82 Å². The molecule has 0 saturated carbocycles. The lowest BCUT2D eigenvalue weighted by Crippen LogP contribution is -2.49. The van der Waals surface area contributed by atoms with Gasteiger partial charge in [0.2, 0.25) is 0 Å². The van der Waals surface area contributed by atoms with Gasteiger partial charge >= 0.3 is 5.97 Å². The second-order valence-corrected chi connectivity index (χ2v) is 8.04. The largest absolute Gasteiger partial charge is 0.452 e. The monoisotopic (exact) mass is 401 g/mol. The van der Waals surface area contributed by atoms with E-state index in [9.17, 15) is 14.0 Å². The first-order valence-electron chi connectivity index (χ1n) is 9.45. The summed E-state index contributed by atoms with van der Waals surface area (Å²) in [7, 11) is 0. The minimum atomic E-state index is -0.558. The molecule has 2 aromatic rings. The van der Waals surface area contributed by atoms with Gasteiger partial charge in [-0.15, -0.1) is 11.3 Å². The first-order valence-corrected chi connectivity index (χ1v) is 10.3. The van der Waals surface area contributed by atoms with Crippen LogP contribution < -0.4 is 0 Å². The maximum atomic E-state index is 13.2. The van der Waals surface area contributed by atoms with Gasteiger partial charge in [-0.1, -0.05) is 18.2 Å². The number of halogens is 1. The van der Waals surface area contributed by atoms with Gasteiger partial charge in [0.25, 0.3) is 5.91 Å². The fourth-order valence-corrected chi connectivity index (χ4v) is 4.31. The number of hydrogen-bond acceptors (Lipinski definition) is 4. The van der Waals surface area contributed by atoms with Crippen molar-refractivity contribution in [1.29, 1.82) is 0 Å². The predicted octanol–water partition coefficient (Wildman–Crippen LogP) is 4.76. The summed E-state index contributed by atoms with van der Waals surface area (Å²) >= 11 is 1.41. The standard InChI is InChI=1S/C22H24FNO3S/c1-15-5-3-6-16(2)24(15)21(25)14-27-22(26)19(20-7-4-12-28-20)13-17-8-10-18(23)11-9-17/h4,7-13,15-16H,3,5-6,14H2,1-2H3/b19-13+/t15-,16-/m0/s1. The molecule has 0 radical (unpaired) electrons. The molecule has 1 saturated heterocycles. The van der Waals surface area contributed by atoms with E-state index in [2.05, 4.69) is 0 Å². The second-order valence-electron chi connectivity index (χ2n) is 7.09. The lowest BCUT2D eigenvalue weighted by molar-refractivity contribution is -0.151. The number of rotatable bonds is 5. The van der Waals surface area contributed by atoms with Gasteiger partial charge < -0.3 is 9.64 Å². The van der Waals surface area contributed by atoms with Gasteiger partial charge in [0.15, 0.2) is 6.61 Å². The van der Waals surface area contributed by atoms with Crippen LogP contribution in [0.3, 0.4) is 0 Å². The molecule has 0 spiro atoms. The van der Waals surface area contributed by atoms with Crippen LogP contribution in [0.25, 0.3) is 11.6 Å². The Hall–Kier alpha value is -2.47. The van der Waals surface area contributed by atoms with E-state index >= 15 is 0 Å². The first kappa shape index (κ1) is 20.3. The number of ether oxygens (including phenoxy) is 1. The molecule has 1 aromatic carbocycles. The minimum Gasteiger partial charge on any atom is -0.452 e. The van der Waals surface area contributed by atoms with Crippen molar-refractivity contribution >= 4 is 34.9 Å². The molecule has 4 nitrogen and oxygen atoms in total. The van der Waals surface area contributed by atoms with Gasteiger partial charge in [-0.25, -0.2) is 9.18 Å². The highest BCUT2D eigenvalue weighted by molar-refractivity contribution is 7.11. The highest BCUT2D eigenvalue weighted by Crippen LogP contribution is 2.25. The van der Waals surface area contributed by atoms with E-state index in [1.165, 1.54) is 23.5 Å². The van der Waals surface area contributed by atoms with Crippen LogP contribution in [0.15, 0.2) is 41.8 Å². The molecule has 1 amide bonds. The summed E-state index contributed by atoms with van der Waals surface area (Å²) in [6, 6.07) is 9.84. The number of carbonyl (C=O) groups excluding carboxylic acids is 2. The maximum Gasteiger partial charge on any atom is 0.340 e. The lowest BCUT2D eigenvalue weighted by Gasteiger charge is -2.38. The Bertz CT molecular complexity index is 835. The topological polar surface area (TPSA) is 46.6 Å². The molecule has 6 heteroatoms. The molecule has 0 unspecified atom stereocenters. The molecule has 1 aliphatic heterocycles. The van der Waals surface area contributed by atoms with E-state index < -0.39 is 5.97 Å². The molecule has 28 heavy (non-hydrogen) atoms. The third-order valence-electron chi connectivity index (χ3n) is 5.00. The molecular formula is C22H24FNO3S. The molecule has 0 bridgehead atoms. The molecule has 1 aliphatic rings. The Morgan fingerprint density at radius 1 is 1.18 bits per heavy atom. The van der Waals surface area contributed by atoms with E-state index in [1.54, 1.807) is 18.2 Å². The van der Waals surface area contributed by atoms with Crippen LogP contribution in [-0.2, 0) is 14.3 Å². The van der Waals surface area contributed by atoms with Gasteiger partial charge in [0.05, 0.1) is 5.57 Å². The molecule has 0 aliphatic carbocycles. The third kappa shape index (κ3) is 4.87. The van der Waals surface area contributed by atoms with Crippen molar-refractivity contribution < 1.29 is 18.7 Å². The van der Waals surface area contributed by atoms with Crippen LogP contribution >= 0.6 is 11.3 Å². The number of amides is 1. The number of benzene rings is 1. The van der Waals surface area contributed by atoms with E-state index in [1.807, 2.05) is 36.3 Å². The Morgan fingerprint density at radius 2 is 1.86 bits per heavy atom. The molecular weight excluding hydrogens is 377 g/mol. The Kier molecular flexibility index (Phi) is 6.62. The van der Waals surface area contributed by atoms with Crippen molar-refractivity contribution in [2.24, 2.45) is 0 Å². The third-order valence-corrected chi connectivity index (χ3v) is 5.90. The summed E-state index contributed by atoms with van der Waals surface area (Å²) in [5.41, 5.74) is 1.04. The smallest absolute Gasteiger partial charge is 0.340 e. The van der Waals surface area contributed by atoms with Crippen molar-refractivity contribution in [3.63, 3.8) is 0 Å². The summed E-state index contributed by atoms with van der Waals surface area (Å²) in [6.45, 7) is 3.78. The Balaban J connectivity index is 1.73. The number of likely N-dealkylation sites (tertiary alicyclic amines) is 1. The molecule has 0 N–H and O–H groups in total. The molecule has 2 atom stereocenters. The van der Waals surface area contributed by atoms with Gasteiger partial charge in [-0.2, -0.15) is 0 Å². The molecule has 3 rings (SSSR count). The van der Waals surface area contributed by atoms with Crippen molar-refractivity contribution in [3.05, 3.63) is 58.0 Å². The average molecular weight is 402 g/mol. The first-order chi connectivity index (χ1) is 13.5. The molecule has 1 fully saturated rings. The number of nitrogens with zero attached hydrogens (tertiary/aromatic N) is 1. The van der Waals surface area contributed by atoms with Crippen molar-refractivity contribution in [2.75, 3.05) is 6.61 Å². The van der Waals surface area contributed by atoms with Crippen LogP contribution in [0.2, 0.25) is 0 Å². The van der Waals surface area contributed by atoms with E-state index in [0.29, 0.717) is 11.1 Å². The Morgan fingerprint density at radius 3 is 2.46 bits per heavy atom. The zero-order valence-electron chi connectivity index (χ0n) is 16.1. The lowest BCUT2D eigenvalue weighted by atomic mass is 9.97. The van der Waals surface area contributed by atoms with Crippen LogP contribution in [0.1, 0.15) is 43.6 Å². The van der Waals surface area contributed by atoms with Crippen LogP contribution in [0.5, 0.6) is 0 Å². The summed E-state index contributed by atoms with van der Waals surface area (Å²) in [5, 5.41) is 1.86. The fraction of sp³-hybridized carbons (Fsp3) is 0.364. The van der Waals surface area contributed by atoms with Crippen LogP contribution in [0.4, 0.5) is 4.39 Å². The zero-order chi connectivity index (χ0) is 20.1. The average Bonchev–Trinajstić information content (AvgIpc) is 3.20. The van der Waals surface area contributed by atoms with Gasteiger partial charge in [-0.05, 0) is 68.3 Å². The molecule has 148 valence electrons. The van der Waals surface area contributed by atoms with Crippen molar-refractivity contribution in [1.82, 2.24) is 4.90 Å². The van der Waals surface area contributed by atoms with Gasteiger partial charge in [-0.3, -0.25) is 4.79 Å². The number of piperidine rings is 1. The Labute approximate surface area is 168 Å². The summed E-state index contributed by atoms with van der Waals surface area (Å²) < 4.78 is 18.5. The van der Waals surface area contributed by atoms with Crippen molar-refractivity contribution in [3.8, 4) is 0 Å². The number of thiophene rings is 1. The van der Waals surface area contributed by atoms with Crippen molar-refractivity contribution in [2.45, 2.75) is 45.2 Å². The number of carbonyl (C=O) groups is 2. The molecule has 1 aromatic heterocycles. The molecule has 2 heterocycles. The fourth-order valence-electron chi connectivity index (χ4n) is 3.58. The number of hydrogen-bond donors (Lipinski definition) is 0. The zero-order valence-corrected chi connectivity index (χ0v) is 16.9. The SMILES string of the molecule is C[C@H]1CCC[C@H](C)N1C(=O)COC(=O)/C(=C/c1ccc(F)cc1)c1cccs1. The van der Waals surface area contributed by atoms with E-state index in [-0.39, 0.29) is 30.4 Å². The van der Waals surface area contributed by atoms with E-state index in [4.69, 9.17) is 4.74 Å². The summed E-state index contributed by atoms with van der Waals surface area (Å²) in [5.74, 6) is -1.06. The van der Waals surface area contributed by atoms with Gasteiger partial charge in [0, 0.05) is 17.0 Å². The number of esters is 1. The quantitative estimate of drug-likeness (QED) is 0.536. The highest BCUT2D eigenvalue weighted by Gasteiger charge is 2.29. The predicted molar refractivity (Wildman–Crippen MR) is 109 cm³/mol. The van der Waals surface area contributed by atoms with Crippen LogP contribution in [-0.4, -0.2) is 35.5 Å². The highest BCUT2D eigenvalue weighted by atomic mass is 32.1. The summed E-state index contributed by atoms with van der Waals surface area (Å²) in [4.78, 5) is 27.9. The van der Waals surface area contributed by atoms with Crippen LogP contribution in [0, 0.1) is 5.82 Å². The maximum absolute atomic E-state index is 13.2.